The smallest absolute Gasteiger partial charge is 0.329 e. The lowest BCUT2D eigenvalue weighted by molar-refractivity contribution is 0.397. The van der Waals surface area contributed by atoms with Crippen molar-refractivity contribution in [3.63, 3.8) is 0 Å². The summed E-state index contributed by atoms with van der Waals surface area (Å²) in [5, 5.41) is -0.0787. The Bertz CT molecular complexity index is 2480. The highest BCUT2D eigenvalue weighted by Crippen LogP contribution is 2.33. The van der Waals surface area contributed by atoms with Gasteiger partial charge in [0.05, 0.1) is 45.6 Å². The van der Waals surface area contributed by atoms with E-state index in [1.54, 1.807) is 24.8 Å². The fourth-order valence-corrected chi connectivity index (χ4v) is 6.17. The average molecular weight is 762 g/mol. The summed E-state index contributed by atoms with van der Waals surface area (Å²) >= 11 is 6.30. The predicted octanol–water partition coefficient (Wildman–Crippen LogP) is 10.5. The SMILES string of the molecule is Clc1nc(Oc2ccc(-c3cc(-c4ccccn4)nc(-c4ccccn4)c3)cc2)nc(Oc2ccc(-c3cc(-c4ccccn4)nc(-c4ccccn4)c3)cc2)n1. The highest BCUT2D eigenvalue weighted by atomic mass is 35.5. The first-order valence-corrected chi connectivity index (χ1v) is 18.2. The van der Waals surface area contributed by atoms with E-state index in [1.165, 1.54) is 0 Å². The summed E-state index contributed by atoms with van der Waals surface area (Å²) in [6.07, 6.45) is 7.00. The Morgan fingerprint density at radius 3 is 0.947 bits per heavy atom. The van der Waals surface area contributed by atoms with Crippen molar-refractivity contribution >= 4 is 11.6 Å². The Hall–Kier alpha value is -7.76. The van der Waals surface area contributed by atoms with Crippen molar-refractivity contribution in [2.24, 2.45) is 0 Å². The van der Waals surface area contributed by atoms with Gasteiger partial charge < -0.3 is 9.47 Å². The summed E-state index contributed by atoms with van der Waals surface area (Å²) in [6.45, 7) is 0. The molecule has 9 aromatic rings. The molecule has 12 heteroatoms. The molecule has 0 aliphatic rings. The van der Waals surface area contributed by atoms with Gasteiger partial charge in [-0.15, -0.1) is 4.98 Å². The minimum absolute atomic E-state index is 0.0194. The summed E-state index contributed by atoms with van der Waals surface area (Å²) in [4.78, 5) is 40.5. The molecule has 0 fully saturated rings. The third-order valence-electron chi connectivity index (χ3n) is 8.72. The molecular formula is C45H28ClN9O2. The van der Waals surface area contributed by atoms with Gasteiger partial charge in [-0.25, -0.2) is 9.97 Å². The highest BCUT2D eigenvalue weighted by Gasteiger charge is 2.14. The maximum atomic E-state index is 6.30. The Morgan fingerprint density at radius 2 is 0.649 bits per heavy atom. The van der Waals surface area contributed by atoms with E-state index in [-0.39, 0.29) is 17.3 Å². The molecule has 0 radical (unpaired) electrons. The van der Waals surface area contributed by atoms with Gasteiger partial charge in [0, 0.05) is 24.8 Å². The molecule has 0 amide bonds. The number of pyridine rings is 6. The van der Waals surface area contributed by atoms with Crippen molar-refractivity contribution < 1.29 is 9.47 Å². The Balaban J connectivity index is 0.936. The Labute approximate surface area is 331 Å². The first-order valence-electron chi connectivity index (χ1n) is 17.8. The van der Waals surface area contributed by atoms with Gasteiger partial charge in [0.1, 0.15) is 11.5 Å². The number of ether oxygens (including phenoxy) is 2. The van der Waals surface area contributed by atoms with Crippen LogP contribution in [-0.2, 0) is 0 Å². The van der Waals surface area contributed by atoms with Crippen LogP contribution in [-0.4, -0.2) is 44.9 Å². The number of rotatable bonds is 10. The first kappa shape index (κ1) is 35.0. The van der Waals surface area contributed by atoms with Crippen molar-refractivity contribution in [3.05, 3.63) is 176 Å². The van der Waals surface area contributed by atoms with Crippen LogP contribution < -0.4 is 9.47 Å². The van der Waals surface area contributed by atoms with Gasteiger partial charge in [0.25, 0.3) is 0 Å². The van der Waals surface area contributed by atoms with Crippen molar-refractivity contribution in [2.75, 3.05) is 0 Å². The molecule has 0 unspecified atom stereocenters. The van der Waals surface area contributed by atoms with Crippen LogP contribution in [0.3, 0.4) is 0 Å². The quantitative estimate of drug-likeness (QED) is 0.132. The Morgan fingerprint density at radius 1 is 0.316 bits per heavy atom. The average Bonchev–Trinajstić information content (AvgIpc) is 3.27. The third-order valence-corrected chi connectivity index (χ3v) is 8.89. The number of aromatic nitrogens is 9. The first-order chi connectivity index (χ1) is 28.1. The maximum absolute atomic E-state index is 6.30. The van der Waals surface area contributed by atoms with E-state index in [0.717, 1.165) is 67.8 Å². The third kappa shape index (κ3) is 8.19. The van der Waals surface area contributed by atoms with Gasteiger partial charge in [-0.05, 0) is 131 Å². The lowest BCUT2D eigenvalue weighted by Gasteiger charge is -2.11. The van der Waals surface area contributed by atoms with Crippen LogP contribution in [0.5, 0.6) is 23.5 Å². The number of hydrogen-bond donors (Lipinski definition) is 0. The Kier molecular flexibility index (Phi) is 9.77. The zero-order valence-corrected chi connectivity index (χ0v) is 30.6. The predicted molar refractivity (Wildman–Crippen MR) is 217 cm³/mol. The van der Waals surface area contributed by atoms with Crippen LogP contribution in [0.2, 0.25) is 5.28 Å². The summed E-state index contributed by atoms with van der Waals surface area (Å²) in [7, 11) is 0. The molecule has 11 nitrogen and oxygen atoms in total. The van der Waals surface area contributed by atoms with E-state index in [0.29, 0.717) is 11.5 Å². The second-order valence-electron chi connectivity index (χ2n) is 12.5. The molecule has 0 saturated carbocycles. The molecule has 272 valence electrons. The van der Waals surface area contributed by atoms with E-state index in [9.17, 15) is 0 Å². The van der Waals surface area contributed by atoms with E-state index in [4.69, 9.17) is 31.0 Å². The van der Waals surface area contributed by atoms with Crippen molar-refractivity contribution in [1.82, 2.24) is 44.9 Å². The monoisotopic (exact) mass is 761 g/mol. The van der Waals surface area contributed by atoms with Crippen LogP contribution >= 0.6 is 11.6 Å². The highest BCUT2D eigenvalue weighted by molar-refractivity contribution is 6.28. The maximum Gasteiger partial charge on any atom is 0.329 e. The summed E-state index contributed by atoms with van der Waals surface area (Å²) < 4.78 is 12.0. The number of nitrogens with zero attached hydrogens (tertiary/aromatic N) is 9. The molecule has 0 saturated heterocycles. The molecule has 0 bridgehead atoms. The molecule has 0 N–H and O–H groups in total. The molecule has 0 aliphatic carbocycles. The molecule has 0 atom stereocenters. The van der Waals surface area contributed by atoms with E-state index < -0.39 is 0 Å². The van der Waals surface area contributed by atoms with Gasteiger partial charge in [-0.1, -0.05) is 48.5 Å². The van der Waals surface area contributed by atoms with Gasteiger partial charge in [-0.3, -0.25) is 19.9 Å². The molecule has 7 heterocycles. The fourth-order valence-electron chi connectivity index (χ4n) is 6.02. The second kappa shape index (κ2) is 15.9. The zero-order valence-electron chi connectivity index (χ0n) is 29.9. The second-order valence-corrected chi connectivity index (χ2v) is 12.9. The van der Waals surface area contributed by atoms with Crippen molar-refractivity contribution in [3.8, 4) is 91.3 Å². The summed E-state index contributed by atoms with van der Waals surface area (Å²) in [5.41, 5.74) is 9.73. The summed E-state index contributed by atoms with van der Waals surface area (Å²) in [5.74, 6) is 0.987. The number of benzene rings is 2. The molecular weight excluding hydrogens is 734 g/mol. The van der Waals surface area contributed by atoms with Crippen LogP contribution in [0.1, 0.15) is 0 Å². The molecule has 57 heavy (non-hydrogen) atoms. The largest absolute Gasteiger partial charge is 0.424 e. The van der Waals surface area contributed by atoms with Gasteiger partial charge in [-0.2, -0.15) is 9.97 Å². The standard InChI is InChI=1S/C45H28ClN9O2/c46-43-53-44(56-33-17-13-29(14-18-33)31-25-39(35-9-1-5-21-47-35)51-40(26-31)36-10-2-6-22-48-36)55-45(54-43)57-34-19-15-30(16-20-34)32-27-41(37-11-3-7-23-49-37)52-42(28-32)38-12-4-8-24-50-38/h1-28H. The fraction of sp³-hybridized carbons (Fsp3) is 0. The number of hydrogen-bond acceptors (Lipinski definition) is 11. The van der Waals surface area contributed by atoms with Crippen molar-refractivity contribution in [2.45, 2.75) is 0 Å². The minimum Gasteiger partial charge on any atom is -0.424 e. The minimum atomic E-state index is -0.0787. The van der Waals surface area contributed by atoms with E-state index >= 15 is 0 Å². The molecule has 7 aromatic heterocycles. The van der Waals surface area contributed by atoms with Crippen LogP contribution in [0.15, 0.2) is 170 Å². The molecule has 0 aliphatic heterocycles. The molecule has 2 aromatic carbocycles. The molecule has 0 spiro atoms. The van der Waals surface area contributed by atoms with Crippen molar-refractivity contribution in [1.29, 1.82) is 0 Å². The number of halogens is 1. The van der Waals surface area contributed by atoms with Gasteiger partial charge in [0.15, 0.2) is 0 Å². The van der Waals surface area contributed by atoms with E-state index in [1.807, 2.05) is 146 Å². The lowest BCUT2D eigenvalue weighted by atomic mass is 10.0. The zero-order chi connectivity index (χ0) is 38.4. The van der Waals surface area contributed by atoms with Gasteiger partial charge in [0.2, 0.25) is 5.28 Å². The molecule has 9 rings (SSSR count). The van der Waals surface area contributed by atoms with Crippen LogP contribution in [0.4, 0.5) is 0 Å². The van der Waals surface area contributed by atoms with Crippen LogP contribution in [0, 0.1) is 0 Å². The van der Waals surface area contributed by atoms with Crippen LogP contribution in [0.25, 0.3) is 67.8 Å². The lowest BCUT2D eigenvalue weighted by Crippen LogP contribution is -1.99. The topological polar surface area (TPSA) is 134 Å². The van der Waals surface area contributed by atoms with Gasteiger partial charge >= 0.3 is 12.0 Å². The normalized spacial score (nSPS) is 10.9. The summed E-state index contributed by atoms with van der Waals surface area (Å²) in [6, 6.07) is 46.0. The van der Waals surface area contributed by atoms with E-state index in [2.05, 4.69) is 34.9 Å².